The molecule has 2 N–H and O–H groups in total. The van der Waals surface area contributed by atoms with Crippen LogP contribution in [0.2, 0.25) is 0 Å². The first-order chi connectivity index (χ1) is 10.3. The number of aromatic amines is 1. The molecule has 0 amide bonds. The van der Waals surface area contributed by atoms with Crippen LogP contribution in [-0.4, -0.2) is 11.0 Å². The molecule has 1 aliphatic carbocycles. The van der Waals surface area contributed by atoms with Crippen LogP contribution in [0.15, 0.2) is 60.8 Å². The molecular weight excluding hydrogens is 256 g/mol. The maximum Gasteiger partial charge on any atom is 0.0689 e. The Balaban J connectivity index is 1.50. The van der Waals surface area contributed by atoms with Crippen LogP contribution in [-0.2, 0) is 0 Å². The van der Waals surface area contributed by atoms with Gasteiger partial charge in [-0.3, -0.25) is 0 Å². The van der Waals surface area contributed by atoms with E-state index in [-0.39, 0.29) is 0 Å². The third kappa shape index (κ3) is 2.31. The number of para-hydroxylation sites is 1. The van der Waals surface area contributed by atoms with E-state index >= 15 is 0 Å². The van der Waals surface area contributed by atoms with Gasteiger partial charge in [0.2, 0.25) is 0 Å². The molecule has 1 saturated carbocycles. The highest BCUT2D eigenvalue weighted by Gasteiger charge is 2.41. The van der Waals surface area contributed by atoms with Gasteiger partial charge in [0, 0.05) is 17.6 Å². The van der Waals surface area contributed by atoms with Gasteiger partial charge in [0.15, 0.2) is 0 Å². The summed E-state index contributed by atoms with van der Waals surface area (Å²) >= 11 is 0. The van der Waals surface area contributed by atoms with Gasteiger partial charge in [0.05, 0.1) is 11.2 Å². The minimum atomic E-state index is 0.490. The molecule has 0 saturated heterocycles. The van der Waals surface area contributed by atoms with Crippen molar-refractivity contribution in [1.29, 1.82) is 0 Å². The molecule has 1 heterocycles. The minimum absolute atomic E-state index is 0.490. The second-order valence-electron chi connectivity index (χ2n) is 6.10. The number of aromatic nitrogens is 1. The number of rotatable bonds is 4. The van der Waals surface area contributed by atoms with E-state index in [1.807, 2.05) is 6.20 Å². The monoisotopic (exact) mass is 276 g/mol. The quantitative estimate of drug-likeness (QED) is 0.705. The van der Waals surface area contributed by atoms with Crippen molar-refractivity contribution in [2.24, 2.45) is 5.92 Å². The maximum absolute atomic E-state index is 3.70. The van der Waals surface area contributed by atoms with Crippen molar-refractivity contribution >= 4 is 16.6 Å². The van der Waals surface area contributed by atoms with Crippen molar-refractivity contribution < 1.29 is 0 Å². The van der Waals surface area contributed by atoms with Gasteiger partial charge in [0.25, 0.3) is 0 Å². The molecule has 0 spiro atoms. The van der Waals surface area contributed by atoms with Crippen molar-refractivity contribution in [2.75, 3.05) is 5.32 Å². The lowest BCUT2D eigenvalue weighted by atomic mass is 10.1. The zero-order valence-electron chi connectivity index (χ0n) is 12.2. The summed E-state index contributed by atoms with van der Waals surface area (Å²) in [5.41, 5.74) is 3.90. The molecule has 1 fully saturated rings. The van der Waals surface area contributed by atoms with Crippen molar-refractivity contribution in [3.8, 4) is 0 Å². The third-order valence-electron chi connectivity index (χ3n) is 4.68. The average Bonchev–Trinajstić information content (AvgIpc) is 3.18. The topological polar surface area (TPSA) is 27.8 Å². The Morgan fingerprint density at radius 3 is 2.76 bits per heavy atom. The molecule has 3 aromatic rings. The van der Waals surface area contributed by atoms with Gasteiger partial charge < -0.3 is 10.3 Å². The fourth-order valence-electron chi connectivity index (χ4n) is 3.41. The molecule has 106 valence electrons. The zero-order valence-corrected chi connectivity index (χ0v) is 12.2. The Hall–Kier alpha value is -2.22. The standard InChI is InChI=1S/C19H20N2/c1-13(16-12-17(16)14-6-3-2-4-7-14)21-18-9-5-8-15-10-11-20-19(15)18/h2-11,13,16-17,20-21H,12H2,1H3/t13?,16-,17-/m0/s1. The van der Waals surface area contributed by atoms with Crippen molar-refractivity contribution in [1.82, 2.24) is 4.98 Å². The first kappa shape index (κ1) is 12.5. The van der Waals surface area contributed by atoms with Crippen molar-refractivity contribution in [3.05, 3.63) is 66.4 Å². The Morgan fingerprint density at radius 1 is 1.05 bits per heavy atom. The van der Waals surface area contributed by atoms with Crippen molar-refractivity contribution in [2.45, 2.75) is 25.3 Å². The maximum atomic E-state index is 3.70. The van der Waals surface area contributed by atoms with Gasteiger partial charge in [-0.15, -0.1) is 0 Å². The normalized spacial score (nSPS) is 22.1. The molecule has 2 nitrogen and oxygen atoms in total. The number of fused-ring (bicyclic) bond motifs is 1. The Bertz CT molecular complexity index is 744. The highest BCUT2D eigenvalue weighted by atomic mass is 14.9. The van der Waals surface area contributed by atoms with E-state index in [9.17, 15) is 0 Å². The Morgan fingerprint density at radius 2 is 1.90 bits per heavy atom. The van der Waals surface area contributed by atoms with Crippen molar-refractivity contribution in [3.63, 3.8) is 0 Å². The molecule has 0 radical (unpaired) electrons. The summed E-state index contributed by atoms with van der Waals surface area (Å²) < 4.78 is 0. The molecule has 2 aromatic carbocycles. The molecule has 0 aliphatic heterocycles. The number of hydrogen-bond acceptors (Lipinski definition) is 1. The number of nitrogens with one attached hydrogen (secondary N) is 2. The first-order valence-electron chi connectivity index (χ1n) is 7.70. The van der Waals surface area contributed by atoms with E-state index in [4.69, 9.17) is 0 Å². The smallest absolute Gasteiger partial charge is 0.0689 e. The zero-order chi connectivity index (χ0) is 14.2. The molecule has 3 atom stereocenters. The summed E-state index contributed by atoms with van der Waals surface area (Å²) in [5.74, 6) is 1.45. The summed E-state index contributed by atoms with van der Waals surface area (Å²) in [7, 11) is 0. The molecule has 21 heavy (non-hydrogen) atoms. The molecule has 0 bridgehead atoms. The van der Waals surface area contributed by atoms with Crippen LogP contribution in [0.3, 0.4) is 0 Å². The molecule has 1 aliphatic rings. The van der Waals surface area contributed by atoms with E-state index in [1.165, 1.54) is 28.6 Å². The number of benzene rings is 2. The minimum Gasteiger partial charge on any atom is -0.381 e. The highest BCUT2D eigenvalue weighted by molar-refractivity contribution is 5.91. The van der Waals surface area contributed by atoms with Crippen LogP contribution >= 0.6 is 0 Å². The van der Waals surface area contributed by atoms with Gasteiger partial charge in [-0.2, -0.15) is 0 Å². The lowest BCUT2D eigenvalue weighted by Gasteiger charge is -2.16. The van der Waals surface area contributed by atoms with Crippen LogP contribution < -0.4 is 5.32 Å². The molecule has 1 unspecified atom stereocenters. The van der Waals surface area contributed by atoms with Crippen LogP contribution in [0.25, 0.3) is 10.9 Å². The first-order valence-corrected chi connectivity index (χ1v) is 7.70. The number of H-pyrrole nitrogens is 1. The summed E-state index contributed by atoms with van der Waals surface area (Å²) in [4.78, 5) is 3.33. The van der Waals surface area contributed by atoms with Crippen LogP contribution in [0, 0.1) is 5.92 Å². The highest BCUT2D eigenvalue weighted by Crippen LogP contribution is 2.50. The van der Waals surface area contributed by atoms with E-state index in [1.54, 1.807) is 0 Å². The Labute approximate surface area is 125 Å². The lowest BCUT2D eigenvalue weighted by Crippen LogP contribution is -2.18. The SMILES string of the molecule is CC(Nc1cccc2cc[nH]c12)[C@@H]1C[C@H]1c1ccccc1. The summed E-state index contributed by atoms with van der Waals surface area (Å²) in [5, 5.41) is 4.97. The van der Waals surface area contributed by atoms with Crippen LogP contribution in [0.5, 0.6) is 0 Å². The predicted octanol–water partition coefficient (Wildman–Crippen LogP) is 4.77. The van der Waals surface area contributed by atoms with Crippen LogP contribution in [0.4, 0.5) is 5.69 Å². The molecule has 2 heteroatoms. The second kappa shape index (κ2) is 4.96. The third-order valence-corrected chi connectivity index (χ3v) is 4.68. The van der Waals surface area contributed by atoms with Gasteiger partial charge in [0.1, 0.15) is 0 Å². The molecule has 1 aromatic heterocycles. The fourth-order valence-corrected chi connectivity index (χ4v) is 3.41. The largest absolute Gasteiger partial charge is 0.381 e. The number of anilines is 1. The Kier molecular flexibility index (Phi) is 2.95. The van der Waals surface area contributed by atoms with E-state index in [0.29, 0.717) is 6.04 Å². The van der Waals surface area contributed by atoms with E-state index in [2.05, 4.69) is 71.8 Å². The number of hydrogen-bond donors (Lipinski definition) is 2. The summed E-state index contributed by atoms with van der Waals surface area (Å²) in [6.45, 7) is 2.30. The van der Waals surface area contributed by atoms with Gasteiger partial charge in [-0.1, -0.05) is 42.5 Å². The fraction of sp³-hybridized carbons (Fsp3) is 0.263. The van der Waals surface area contributed by atoms with E-state index < -0.39 is 0 Å². The van der Waals surface area contributed by atoms with Gasteiger partial charge in [-0.05, 0) is 42.9 Å². The molecular formula is C19H20N2. The predicted molar refractivity (Wildman–Crippen MR) is 88.7 cm³/mol. The van der Waals surface area contributed by atoms with E-state index in [0.717, 1.165) is 11.8 Å². The molecule has 4 rings (SSSR count). The van der Waals surface area contributed by atoms with Crippen LogP contribution in [0.1, 0.15) is 24.8 Å². The summed E-state index contributed by atoms with van der Waals surface area (Å²) in [6.07, 6.45) is 3.29. The second-order valence-corrected chi connectivity index (χ2v) is 6.10. The average molecular weight is 276 g/mol. The van der Waals surface area contributed by atoms with Gasteiger partial charge >= 0.3 is 0 Å². The van der Waals surface area contributed by atoms with Gasteiger partial charge in [-0.25, -0.2) is 0 Å². The summed E-state index contributed by atoms with van der Waals surface area (Å²) in [6, 6.07) is 19.9. The lowest BCUT2D eigenvalue weighted by molar-refractivity contribution is 0.673.